The first kappa shape index (κ1) is 13.8. The minimum atomic E-state index is 0.350. The summed E-state index contributed by atoms with van der Waals surface area (Å²) in [5.74, 6) is 1.27. The van der Waals surface area contributed by atoms with E-state index in [4.69, 9.17) is 38.4 Å². The van der Waals surface area contributed by atoms with Crippen LogP contribution in [0, 0.1) is 0 Å². The van der Waals surface area contributed by atoms with Crippen LogP contribution in [0.1, 0.15) is 5.56 Å². The van der Waals surface area contributed by atoms with Crippen LogP contribution >= 0.6 is 23.2 Å². The van der Waals surface area contributed by atoms with E-state index in [0.717, 1.165) is 5.56 Å². The quantitative estimate of drug-likeness (QED) is 0.862. The predicted octanol–water partition coefficient (Wildman–Crippen LogP) is 4.16. The Morgan fingerprint density at radius 1 is 1.11 bits per heavy atom. The molecule has 0 heterocycles. The maximum Gasteiger partial charge on any atom is 0.138 e. The first-order valence-corrected chi connectivity index (χ1v) is 6.35. The van der Waals surface area contributed by atoms with E-state index in [2.05, 4.69) is 0 Å². The summed E-state index contributed by atoms with van der Waals surface area (Å²) in [4.78, 5) is 0. The molecule has 2 rings (SSSR count). The number of benzene rings is 2. The maximum absolute atomic E-state index is 6.03. The highest BCUT2D eigenvalue weighted by Gasteiger charge is 2.04. The second-order valence-electron chi connectivity index (χ2n) is 3.98. The molecule has 19 heavy (non-hydrogen) atoms. The molecule has 0 spiro atoms. The number of methoxy groups -OCH3 is 1. The number of rotatable bonds is 4. The summed E-state index contributed by atoms with van der Waals surface area (Å²) in [6.07, 6.45) is 0. The molecule has 0 aliphatic rings. The van der Waals surface area contributed by atoms with Crippen molar-refractivity contribution in [2.24, 2.45) is 0 Å². The lowest BCUT2D eigenvalue weighted by Crippen LogP contribution is -1.98. The summed E-state index contributed by atoms with van der Waals surface area (Å²) in [5, 5.41) is 1.05. The Kier molecular flexibility index (Phi) is 4.40. The molecule has 100 valence electrons. The minimum Gasteiger partial charge on any atom is -0.497 e. The molecule has 0 fully saturated rings. The highest BCUT2D eigenvalue weighted by Crippen LogP contribution is 2.28. The van der Waals surface area contributed by atoms with Crippen LogP contribution in [0.4, 0.5) is 5.69 Å². The van der Waals surface area contributed by atoms with E-state index in [1.54, 1.807) is 31.4 Å². The molecule has 0 saturated carbocycles. The van der Waals surface area contributed by atoms with Gasteiger partial charge in [0.2, 0.25) is 0 Å². The third-order valence-corrected chi connectivity index (χ3v) is 3.04. The smallest absolute Gasteiger partial charge is 0.138 e. The van der Waals surface area contributed by atoms with Gasteiger partial charge < -0.3 is 15.2 Å². The van der Waals surface area contributed by atoms with Gasteiger partial charge in [-0.1, -0.05) is 23.2 Å². The zero-order chi connectivity index (χ0) is 13.8. The van der Waals surface area contributed by atoms with E-state index in [-0.39, 0.29) is 0 Å². The van der Waals surface area contributed by atoms with Crippen molar-refractivity contribution < 1.29 is 9.47 Å². The van der Waals surface area contributed by atoms with Gasteiger partial charge in [-0.3, -0.25) is 0 Å². The van der Waals surface area contributed by atoms with Gasteiger partial charge >= 0.3 is 0 Å². The van der Waals surface area contributed by atoms with Crippen LogP contribution < -0.4 is 15.2 Å². The number of hydrogen-bond donors (Lipinski definition) is 1. The zero-order valence-corrected chi connectivity index (χ0v) is 11.8. The van der Waals surface area contributed by atoms with E-state index < -0.39 is 0 Å². The second-order valence-corrected chi connectivity index (χ2v) is 4.82. The number of nitrogen functional groups attached to an aromatic ring is 1. The Balaban J connectivity index is 2.12. The van der Waals surface area contributed by atoms with Gasteiger partial charge in [0.05, 0.1) is 12.1 Å². The Hall–Kier alpha value is -1.58. The standard InChI is InChI=1S/C14H13Cl2NO2/c1-18-12-5-9(4-11(17)7-12)8-19-14-3-2-10(15)6-13(14)16/h2-7H,8,17H2,1H3. The van der Waals surface area contributed by atoms with Crippen molar-refractivity contribution in [3.8, 4) is 11.5 Å². The lowest BCUT2D eigenvalue weighted by molar-refractivity contribution is 0.305. The SMILES string of the molecule is COc1cc(N)cc(COc2ccc(Cl)cc2Cl)c1. The summed E-state index contributed by atoms with van der Waals surface area (Å²) < 4.78 is 10.8. The molecule has 5 heteroatoms. The average Bonchev–Trinajstić information content (AvgIpc) is 2.37. The second kappa shape index (κ2) is 6.04. The van der Waals surface area contributed by atoms with Crippen LogP contribution in [0.5, 0.6) is 11.5 Å². The van der Waals surface area contributed by atoms with Crippen LogP contribution in [0.15, 0.2) is 36.4 Å². The molecule has 0 aliphatic carbocycles. The molecule has 2 N–H and O–H groups in total. The number of halogens is 2. The Morgan fingerprint density at radius 2 is 1.89 bits per heavy atom. The summed E-state index contributed by atoms with van der Waals surface area (Å²) in [7, 11) is 1.59. The number of nitrogens with two attached hydrogens (primary N) is 1. The number of ether oxygens (including phenoxy) is 2. The molecule has 0 unspecified atom stereocenters. The lowest BCUT2D eigenvalue weighted by Gasteiger charge is -2.10. The summed E-state index contributed by atoms with van der Waals surface area (Å²) >= 11 is 11.8. The van der Waals surface area contributed by atoms with E-state index >= 15 is 0 Å². The van der Waals surface area contributed by atoms with Gasteiger partial charge in [-0.15, -0.1) is 0 Å². The summed E-state index contributed by atoms with van der Waals surface area (Å²) in [6.45, 7) is 0.350. The Bertz CT molecular complexity index is 588. The van der Waals surface area contributed by atoms with Crippen molar-refractivity contribution in [2.75, 3.05) is 12.8 Å². The summed E-state index contributed by atoms with van der Waals surface area (Å²) in [5.41, 5.74) is 7.31. The largest absolute Gasteiger partial charge is 0.497 e. The van der Waals surface area contributed by atoms with Crippen molar-refractivity contribution >= 4 is 28.9 Å². The number of hydrogen-bond acceptors (Lipinski definition) is 3. The molecular formula is C14H13Cl2NO2. The van der Waals surface area contributed by atoms with E-state index in [9.17, 15) is 0 Å². The van der Waals surface area contributed by atoms with E-state index in [0.29, 0.717) is 33.8 Å². The molecular weight excluding hydrogens is 285 g/mol. The molecule has 0 amide bonds. The van der Waals surface area contributed by atoms with Gasteiger partial charge in [-0.05, 0) is 35.9 Å². The van der Waals surface area contributed by atoms with E-state index in [1.807, 2.05) is 12.1 Å². The van der Waals surface area contributed by atoms with Gasteiger partial charge in [-0.25, -0.2) is 0 Å². The van der Waals surface area contributed by atoms with Gasteiger partial charge in [0.15, 0.2) is 0 Å². The monoisotopic (exact) mass is 297 g/mol. The van der Waals surface area contributed by atoms with Crippen molar-refractivity contribution in [1.29, 1.82) is 0 Å². The Labute approximate surface area is 121 Å². The van der Waals surface area contributed by atoms with Crippen LogP contribution in [-0.4, -0.2) is 7.11 Å². The molecule has 0 saturated heterocycles. The maximum atomic E-state index is 6.03. The minimum absolute atomic E-state index is 0.350. The topological polar surface area (TPSA) is 44.5 Å². The highest BCUT2D eigenvalue weighted by atomic mass is 35.5. The van der Waals surface area contributed by atoms with Crippen molar-refractivity contribution in [1.82, 2.24) is 0 Å². The van der Waals surface area contributed by atoms with E-state index in [1.165, 1.54) is 0 Å². The Morgan fingerprint density at radius 3 is 2.58 bits per heavy atom. The van der Waals surface area contributed by atoms with Crippen LogP contribution in [0.25, 0.3) is 0 Å². The van der Waals surface area contributed by atoms with Gasteiger partial charge in [-0.2, -0.15) is 0 Å². The molecule has 2 aromatic carbocycles. The molecule has 0 bridgehead atoms. The van der Waals surface area contributed by atoms with Gasteiger partial charge in [0.25, 0.3) is 0 Å². The van der Waals surface area contributed by atoms with Crippen LogP contribution in [-0.2, 0) is 6.61 Å². The fourth-order valence-electron chi connectivity index (χ4n) is 1.64. The molecule has 0 atom stereocenters. The molecule has 0 aromatic heterocycles. The first-order chi connectivity index (χ1) is 9.08. The van der Waals surface area contributed by atoms with Crippen molar-refractivity contribution in [3.05, 3.63) is 52.0 Å². The molecule has 3 nitrogen and oxygen atoms in total. The third kappa shape index (κ3) is 3.69. The van der Waals surface area contributed by atoms with Crippen LogP contribution in [0.3, 0.4) is 0 Å². The first-order valence-electron chi connectivity index (χ1n) is 5.60. The fourth-order valence-corrected chi connectivity index (χ4v) is 2.10. The predicted molar refractivity (Wildman–Crippen MR) is 78.2 cm³/mol. The molecule has 0 aliphatic heterocycles. The van der Waals surface area contributed by atoms with Crippen LogP contribution in [0.2, 0.25) is 10.0 Å². The van der Waals surface area contributed by atoms with Gasteiger partial charge in [0, 0.05) is 16.8 Å². The number of anilines is 1. The highest BCUT2D eigenvalue weighted by molar-refractivity contribution is 6.35. The molecule has 0 radical (unpaired) electrons. The fraction of sp³-hybridized carbons (Fsp3) is 0.143. The normalized spacial score (nSPS) is 10.3. The average molecular weight is 298 g/mol. The third-order valence-electron chi connectivity index (χ3n) is 2.51. The lowest BCUT2D eigenvalue weighted by atomic mass is 10.2. The van der Waals surface area contributed by atoms with Crippen molar-refractivity contribution in [3.63, 3.8) is 0 Å². The summed E-state index contributed by atoms with van der Waals surface area (Å²) in [6, 6.07) is 10.5. The van der Waals surface area contributed by atoms with Gasteiger partial charge in [0.1, 0.15) is 18.1 Å². The molecule has 2 aromatic rings. The van der Waals surface area contributed by atoms with Crippen molar-refractivity contribution in [2.45, 2.75) is 6.61 Å². The zero-order valence-electron chi connectivity index (χ0n) is 10.3.